The molecule has 0 aliphatic heterocycles. The number of benzene rings is 1. The Hall–Kier alpha value is -2.48. The van der Waals surface area contributed by atoms with Crippen LogP contribution in [0.2, 0.25) is 0 Å². The number of aromatic hydroxyl groups is 2. The zero-order valence-corrected chi connectivity index (χ0v) is 14.1. The van der Waals surface area contributed by atoms with Gasteiger partial charge in [-0.25, -0.2) is 0 Å². The summed E-state index contributed by atoms with van der Waals surface area (Å²) in [6.07, 6.45) is 1.43. The van der Waals surface area contributed by atoms with E-state index >= 15 is 0 Å². The topological polar surface area (TPSA) is 84.6 Å². The van der Waals surface area contributed by atoms with Crippen LogP contribution in [-0.4, -0.2) is 34.1 Å². The Morgan fingerprint density at radius 2 is 1.74 bits per heavy atom. The number of nitrogens with zero attached hydrogens (tertiary/aromatic N) is 2. The highest BCUT2D eigenvalue weighted by Crippen LogP contribution is 2.26. The quantitative estimate of drug-likeness (QED) is 0.480. The molecule has 2 N–H and O–H groups in total. The van der Waals surface area contributed by atoms with Gasteiger partial charge in [-0.15, -0.1) is 0 Å². The van der Waals surface area contributed by atoms with Crippen LogP contribution in [0.5, 0.6) is 11.5 Å². The molecule has 0 spiro atoms. The van der Waals surface area contributed by atoms with Gasteiger partial charge in [-0.05, 0) is 35.6 Å². The van der Waals surface area contributed by atoms with Crippen LogP contribution in [0.15, 0.2) is 23.8 Å². The molecule has 0 saturated carbocycles. The van der Waals surface area contributed by atoms with E-state index in [1.54, 1.807) is 4.90 Å². The van der Waals surface area contributed by atoms with Gasteiger partial charge in [0.25, 0.3) is 5.91 Å². The number of carbonyl (C=O) groups excluding carboxylic acids is 1. The Kier molecular flexibility index (Phi) is 6.65. The van der Waals surface area contributed by atoms with Crippen molar-refractivity contribution in [3.05, 3.63) is 29.3 Å². The van der Waals surface area contributed by atoms with Crippen LogP contribution < -0.4 is 0 Å². The van der Waals surface area contributed by atoms with Crippen molar-refractivity contribution in [2.24, 2.45) is 11.8 Å². The van der Waals surface area contributed by atoms with Gasteiger partial charge < -0.3 is 15.1 Å². The monoisotopic (exact) mass is 316 g/mol. The standard InChI is InChI=1S/C18H24N2O3/c1-12(2)10-20(11-13(3)4)18(23)15(9-19)7-14-5-6-16(21)17(22)8-14/h5-8,12-13,21-22H,10-11H2,1-4H3/b15-7+. The highest BCUT2D eigenvalue weighted by Gasteiger charge is 2.20. The van der Waals surface area contributed by atoms with Gasteiger partial charge in [0.05, 0.1) is 0 Å². The molecular weight excluding hydrogens is 292 g/mol. The molecule has 0 aromatic heterocycles. The minimum absolute atomic E-state index is 0.0105. The van der Waals surface area contributed by atoms with Crippen LogP contribution in [0.3, 0.4) is 0 Å². The summed E-state index contributed by atoms with van der Waals surface area (Å²) in [5.41, 5.74) is 0.496. The molecule has 0 heterocycles. The Labute approximate surface area is 137 Å². The third-order valence-electron chi connectivity index (χ3n) is 3.12. The largest absolute Gasteiger partial charge is 0.504 e. The van der Waals surface area contributed by atoms with Crippen molar-refractivity contribution in [3.63, 3.8) is 0 Å². The summed E-state index contributed by atoms with van der Waals surface area (Å²) in [5, 5.41) is 28.2. The van der Waals surface area contributed by atoms with Crippen molar-refractivity contribution in [2.45, 2.75) is 27.7 Å². The average Bonchev–Trinajstić information content (AvgIpc) is 2.46. The molecule has 1 rings (SSSR count). The Morgan fingerprint density at radius 3 is 2.17 bits per heavy atom. The van der Waals surface area contributed by atoms with E-state index in [1.165, 1.54) is 24.3 Å². The highest BCUT2D eigenvalue weighted by atomic mass is 16.3. The number of carbonyl (C=O) groups is 1. The maximum Gasteiger partial charge on any atom is 0.264 e. The Bertz CT molecular complexity index is 618. The SMILES string of the molecule is CC(C)CN(CC(C)C)C(=O)/C(C#N)=C/c1ccc(O)c(O)c1. The molecule has 0 unspecified atom stereocenters. The van der Waals surface area contributed by atoms with Crippen molar-refractivity contribution in [1.29, 1.82) is 5.26 Å². The molecule has 5 heteroatoms. The van der Waals surface area contributed by atoms with Gasteiger partial charge in [0.2, 0.25) is 0 Å². The van der Waals surface area contributed by atoms with Crippen LogP contribution in [0.4, 0.5) is 0 Å². The first-order valence-corrected chi connectivity index (χ1v) is 7.67. The lowest BCUT2D eigenvalue weighted by Crippen LogP contribution is -2.37. The lowest BCUT2D eigenvalue weighted by Gasteiger charge is -2.26. The van der Waals surface area contributed by atoms with E-state index in [0.717, 1.165) is 0 Å². The molecule has 0 bridgehead atoms. The van der Waals surface area contributed by atoms with E-state index in [4.69, 9.17) is 0 Å². The van der Waals surface area contributed by atoms with Gasteiger partial charge in [0.1, 0.15) is 11.6 Å². The molecule has 0 aliphatic rings. The number of amides is 1. The van der Waals surface area contributed by atoms with Gasteiger partial charge in [0.15, 0.2) is 11.5 Å². The minimum Gasteiger partial charge on any atom is -0.504 e. The average molecular weight is 316 g/mol. The summed E-state index contributed by atoms with van der Waals surface area (Å²) in [6.45, 7) is 9.25. The van der Waals surface area contributed by atoms with Crippen LogP contribution in [0.1, 0.15) is 33.3 Å². The number of phenols is 2. The van der Waals surface area contributed by atoms with Crippen molar-refractivity contribution in [1.82, 2.24) is 4.90 Å². The lowest BCUT2D eigenvalue weighted by molar-refractivity contribution is -0.127. The molecule has 5 nitrogen and oxygen atoms in total. The maximum absolute atomic E-state index is 12.6. The van der Waals surface area contributed by atoms with E-state index in [9.17, 15) is 20.3 Å². The summed E-state index contributed by atoms with van der Waals surface area (Å²) >= 11 is 0. The van der Waals surface area contributed by atoms with E-state index in [2.05, 4.69) is 0 Å². The Balaban J connectivity index is 3.09. The van der Waals surface area contributed by atoms with Gasteiger partial charge >= 0.3 is 0 Å². The molecule has 23 heavy (non-hydrogen) atoms. The van der Waals surface area contributed by atoms with Crippen molar-refractivity contribution in [3.8, 4) is 17.6 Å². The van der Waals surface area contributed by atoms with E-state index in [0.29, 0.717) is 30.5 Å². The van der Waals surface area contributed by atoms with Crippen molar-refractivity contribution in [2.75, 3.05) is 13.1 Å². The van der Waals surface area contributed by atoms with Crippen molar-refractivity contribution < 1.29 is 15.0 Å². The summed E-state index contributed by atoms with van der Waals surface area (Å²) in [6, 6.07) is 6.11. The second-order valence-corrected chi connectivity index (χ2v) is 6.42. The molecule has 1 amide bonds. The second kappa shape index (κ2) is 8.23. The van der Waals surface area contributed by atoms with E-state index < -0.39 is 0 Å². The van der Waals surface area contributed by atoms with Crippen LogP contribution in [-0.2, 0) is 4.79 Å². The fourth-order valence-electron chi connectivity index (χ4n) is 2.23. The first-order valence-electron chi connectivity index (χ1n) is 7.67. The molecular formula is C18H24N2O3. The lowest BCUT2D eigenvalue weighted by atomic mass is 10.1. The molecule has 0 saturated heterocycles. The number of hydrogen-bond acceptors (Lipinski definition) is 4. The summed E-state index contributed by atoms with van der Waals surface area (Å²) in [4.78, 5) is 14.3. The van der Waals surface area contributed by atoms with Crippen LogP contribution in [0.25, 0.3) is 6.08 Å². The number of nitriles is 1. The van der Waals surface area contributed by atoms with Gasteiger partial charge in [-0.2, -0.15) is 5.26 Å². The Morgan fingerprint density at radius 1 is 1.17 bits per heavy atom. The molecule has 0 atom stereocenters. The van der Waals surface area contributed by atoms with Crippen LogP contribution >= 0.6 is 0 Å². The summed E-state index contributed by atoms with van der Waals surface area (Å²) in [7, 11) is 0. The smallest absolute Gasteiger partial charge is 0.264 e. The van der Waals surface area contributed by atoms with E-state index in [1.807, 2.05) is 33.8 Å². The fourth-order valence-corrected chi connectivity index (χ4v) is 2.23. The zero-order chi connectivity index (χ0) is 17.6. The molecule has 0 fully saturated rings. The molecule has 0 aliphatic carbocycles. The third kappa shape index (κ3) is 5.67. The molecule has 0 radical (unpaired) electrons. The maximum atomic E-state index is 12.6. The first kappa shape index (κ1) is 18.6. The summed E-state index contributed by atoms with van der Waals surface area (Å²) < 4.78 is 0. The number of phenolic OH excluding ortho intramolecular Hbond substituents is 2. The number of hydrogen-bond donors (Lipinski definition) is 2. The van der Waals surface area contributed by atoms with Crippen LogP contribution in [0, 0.1) is 23.2 Å². The van der Waals surface area contributed by atoms with Gasteiger partial charge in [-0.3, -0.25) is 4.79 Å². The first-order chi connectivity index (χ1) is 10.7. The van der Waals surface area contributed by atoms with Gasteiger partial charge in [-0.1, -0.05) is 33.8 Å². The van der Waals surface area contributed by atoms with Crippen molar-refractivity contribution >= 4 is 12.0 Å². The molecule has 1 aromatic carbocycles. The molecule has 1 aromatic rings. The second-order valence-electron chi connectivity index (χ2n) is 6.42. The predicted octanol–water partition coefficient (Wildman–Crippen LogP) is 3.15. The zero-order valence-electron chi connectivity index (χ0n) is 14.1. The number of rotatable bonds is 6. The normalized spacial score (nSPS) is 11.6. The van der Waals surface area contributed by atoms with E-state index in [-0.39, 0.29) is 23.0 Å². The third-order valence-corrected chi connectivity index (χ3v) is 3.12. The predicted molar refractivity (Wildman–Crippen MR) is 89.6 cm³/mol. The molecule has 124 valence electrons. The fraction of sp³-hybridized carbons (Fsp3) is 0.444. The highest BCUT2D eigenvalue weighted by molar-refractivity contribution is 6.01. The van der Waals surface area contributed by atoms with Gasteiger partial charge in [0, 0.05) is 13.1 Å². The summed E-state index contributed by atoms with van der Waals surface area (Å²) in [5.74, 6) is -0.244. The minimum atomic E-state index is -0.317.